The average Bonchev–Trinajstić information content (AvgIpc) is 2.30. The molecule has 0 saturated heterocycles. The molecular weight excluding hydrogens is 208 g/mol. The highest BCUT2D eigenvalue weighted by Crippen LogP contribution is 2.09. The van der Waals surface area contributed by atoms with Gasteiger partial charge in [0.2, 0.25) is 0 Å². The van der Waals surface area contributed by atoms with E-state index < -0.39 is 11.8 Å². The Balaban J connectivity index is 2.59. The van der Waals surface area contributed by atoms with Gasteiger partial charge < -0.3 is 5.32 Å². The average molecular weight is 222 g/mol. The van der Waals surface area contributed by atoms with Crippen molar-refractivity contribution in [3.8, 4) is 0 Å². The molecule has 1 rings (SSSR count). The molecule has 1 aromatic rings. The summed E-state index contributed by atoms with van der Waals surface area (Å²) in [5, 5.41) is 2.45. The van der Waals surface area contributed by atoms with Gasteiger partial charge in [-0.25, -0.2) is 5.48 Å². The maximum Gasteiger partial charge on any atom is 0.333 e. The number of benzene rings is 1. The second-order valence-electron chi connectivity index (χ2n) is 3.14. The minimum Gasteiger partial charge on any atom is -0.318 e. The molecule has 0 saturated carbocycles. The zero-order valence-corrected chi connectivity index (χ0v) is 9.24. The van der Waals surface area contributed by atoms with Crippen LogP contribution in [0.5, 0.6) is 0 Å². The Bertz CT molecular complexity index is 373. The largest absolute Gasteiger partial charge is 0.333 e. The van der Waals surface area contributed by atoms with E-state index in [1.54, 1.807) is 12.1 Å². The van der Waals surface area contributed by atoms with Crippen molar-refractivity contribution in [2.24, 2.45) is 0 Å². The highest BCUT2D eigenvalue weighted by Gasteiger charge is 2.12. The summed E-state index contributed by atoms with van der Waals surface area (Å²) >= 11 is 0. The van der Waals surface area contributed by atoms with Crippen molar-refractivity contribution in [3.05, 3.63) is 29.8 Å². The van der Waals surface area contributed by atoms with Crippen molar-refractivity contribution >= 4 is 17.5 Å². The molecule has 0 aliphatic heterocycles. The number of rotatable bonds is 3. The summed E-state index contributed by atoms with van der Waals surface area (Å²) < 4.78 is 0. The maximum atomic E-state index is 11.3. The van der Waals surface area contributed by atoms with E-state index in [1.165, 1.54) is 12.7 Å². The maximum absolute atomic E-state index is 11.3. The van der Waals surface area contributed by atoms with Crippen LogP contribution in [-0.4, -0.2) is 18.9 Å². The van der Waals surface area contributed by atoms with Crippen LogP contribution < -0.4 is 10.8 Å². The molecule has 0 unspecified atom stereocenters. The van der Waals surface area contributed by atoms with Gasteiger partial charge in [-0.1, -0.05) is 19.1 Å². The molecule has 0 aliphatic carbocycles. The Morgan fingerprint density at radius 2 is 1.81 bits per heavy atom. The van der Waals surface area contributed by atoms with E-state index >= 15 is 0 Å². The predicted molar refractivity (Wildman–Crippen MR) is 59.6 cm³/mol. The van der Waals surface area contributed by atoms with Crippen LogP contribution in [0.1, 0.15) is 12.5 Å². The van der Waals surface area contributed by atoms with E-state index in [-0.39, 0.29) is 0 Å². The standard InChI is InChI=1S/C11H14N2O3/c1-3-8-4-6-9(7-5-8)12-10(14)11(15)13-16-2/h4-7H,3H2,1-2H3,(H,12,14)(H,13,15). The normalized spacial score (nSPS) is 9.62. The Labute approximate surface area is 93.7 Å². The van der Waals surface area contributed by atoms with Crippen molar-refractivity contribution < 1.29 is 14.4 Å². The third-order valence-corrected chi connectivity index (χ3v) is 2.02. The summed E-state index contributed by atoms with van der Waals surface area (Å²) in [6, 6.07) is 7.28. The first kappa shape index (κ1) is 12.2. The van der Waals surface area contributed by atoms with Gasteiger partial charge in [0, 0.05) is 5.69 Å². The summed E-state index contributed by atoms with van der Waals surface area (Å²) in [4.78, 5) is 26.6. The first-order chi connectivity index (χ1) is 7.67. The minimum absolute atomic E-state index is 0.577. The molecule has 0 bridgehead atoms. The number of nitrogens with one attached hydrogen (secondary N) is 2. The van der Waals surface area contributed by atoms with Crippen molar-refractivity contribution in [1.29, 1.82) is 0 Å². The number of carbonyl (C=O) groups is 2. The van der Waals surface area contributed by atoms with Crippen LogP contribution in [0.4, 0.5) is 5.69 Å². The van der Waals surface area contributed by atoms with E-state index in [1.807, 2.05) is 24.5 Å². The van der Waals surface area contributed by atoms with Gasteiger partial charge in [-0.2, -0.15) is 0 Å². The van der Waals surface area contributed by atoms with Gasteiger partial charge in [0.15, 0.2) is 0 Å². The molecule has 5 nitrogen and oxygen atoms in total. The Morgan fingerprint density at radius 1 is 1.19 bits per heavy atom. The van der Waals surface area contributed by atoms with Crippen LogP contribution in [0.2, 0.25) is 0 Å². The zero-order chi connectivity index (χ0) is 12.0. The van der Waals surface area contributed by atoms with E-state index in [4.69, 9.17) is 0 Å². The number of hydroxylamine groups is 1. The van der Waals surface area contributed by atoms with Gasteiger partial charge in [-0.05, 0) is 24.1 Å². The third kappa shape index (κ3) is 3.36. The summed E-state index contributed by atoms with van der Waals surface area (Å²) in [6.07, 6.45) is 0.929. The SMILES string of the molecule is CCc1ccc(NC(=O)C(=O)NOC)cc1. The molecule has 0 heterocycles. The summed E-state index contributed by atoms with van der Waals surface area (Å²) in [7, 11) is 1.27. The fraction of sp³-hybridized carbons (Fsp3) is 0.273. The van der Waals surface area contributed by atoms with E-state index in [0.29, 0.717) is 5.69 Å². The molecule has 1 aromatic carbocycles. The Hall–Kier alpha value is -1.88. The molecule has 0 atom stereocenters. The number of aryl methyl sites for hydroxylation is 1. The molecular formula is C11H14N2O3. The second kappa shape index (κ2) is 5.87. The molecule has 16 heavy (non-hydrogen) atoms. The first-order valence-electron chi connectivity index (χ1n) is 4.90. The lowest BCUT2D eigenvalue weighted by atomic mass is 10.1. The van der Waals surface area contributed by atoms with E-state index in [0.717, 1.165) is 6.42 Å². The van der Waals surface area contributed by atoms with Crippen molar-refractivity contribution in [2.75, 3.05) is 12.4 Å². The number of carbonyl (C=O) groups excluding carboxylic acids is 2. The lowest BCUT2D eigenvalue weighted by Gasteiger charge is -2.05. The molecule has 0 aromatic heterocycles. The monoisotopic (exact) mass is 222 g/mol. The molecule has 2 amide bonds. The lowest BCUT2D eigenvalue weighted by molar-refractivity contribution is -0.142. The van der Waals surface area contributed by atoms with E-state index in [9.17, 15) is 9.59 Å². The zero-order valence-electron chi connectivity index (χ0n) is 9.24. The molecule has 2 N–H and O–H groups in total. The van der Waals surface area contributed by atoms with Crippen LogP contribution in [0.25, 0.3) is 0 Å². The third-order valence-electron chi connectivity index (χ3n) is 2.02. The van der Waals surface area contributed by atoms with Crippen LogP contribution in [0.15, 0.2) is 24.3 Å². The van der Waals surface area contributed by atoms with Crippen LogP contribution in [0.3, 0.4) is 0 Å². The highest BCUT2D eigenvalue weighted by molar-refractivity contribution is 6.39. The lowest BCUT2D eigenvalue weighted by Crippen LogP contribution is -2.34. The number of hydrogen-bond donors (Lipinski definition) is 2. The minimum atomic E-state index is -0.831. The van der Waals surface area contributed by atoms with Gasteiger partial charge in [0.25, 0.3) is 0 Å². The summed E-state index contributed by atoms with van der Waals surface area (Å²) in [5.74, 6) is -1.59. The molecule has 0 aliphatic rings. The van der Waals surface area contributed by atoms with Crippen LogP contribution >= 0.6 is 0 Å². The fourth-order valence-corrected chi connectivity index (χ4v) is 1.15. The Kier molecular flexibility index (Phi) is 4.47. The Morgan fingerprint density at radius 3 is 2.31 bits per heavy atom. The number of anilines is 1. The van der Waals surface area contributed by atoms with Gasteiger partial charge in [0.05, 0.1) is 7.11 Å². The molecule has 0 spiro atoms. The highest BCUT2D eigenvalue weighted by atomic mass is 16.6. The van der Waals surface area contributed by atoms with Crippen LogP contribution in [-0.2, 0) is 20.8 Å². The fourth-order valence-electron chi connectivity index (χ4n) is 1.15. The first-order valence-corrected chi connectivity index (χ1v) is 4.90. The van der Waals surface area contributed by atoms with Crippen LogP contribution in [0, 0.1) is 0 Å². The number of hydrogen-bond acceptors (Lipinski definition) is 3. The van der Waals surface area contributed by atoms with Crippen molar-refractivity contribution in [2.45, 2.75) is 13.3 Å². The topological polar surface area (TPSA) is 67.4 Å². The second-order valence-corrected chi connectivity index (χ2v) is 3.14. The number of amides is 2. The van der Waals surface area contributed by atoms with Gasteiger partial charge in [-0.15, -0.1) is 0 Å². The van der Waals surface area contributed by atoms with Crippen molar-refractivity contribution in [3.63, 3.8) is 0 Å². The molecule has 0 fully saturated rings. The predicted octanol–water partition coefficient (Wildman–Crippen LogP) is 0.865. The quantitative estimate of drug-likeness (QED) is 0.589. The van der Waals surface area contributed by atoms with Gasteiger partial charge in [0.1, 0.15) is 0 Å². The van der Waals surface area contributed by atoms with Crippen molar-refractivity contribution in [1.82, 2.24) is 5.48 Å². The molecule has 5 heteroatoms. The smallest absolute Gasteiger partial charge is 0.318 e. The molecule has 0 radical (unpaired) electrons. The summed E-state index contributed by atoms with van der Waals surface area (Å²) in [5.41, 5.74) is 3.68. The van der Waals surface area contributed by atoms with Gasteiger partial charge >= 0.3 is 11.8 Å². The van der Waals surface area contributed by atoms with Gasteiger partial charge in [-0.3, -0.25) is 14.4 Å². The van der Waals surface area contributed by atoms with E-state index in [2.05, 4.69) is 10.2 Å². The molecule has 86 valence electrons. The summed E-state index contributed by atoms with van der Waals surface area (Å²) in [6.45, 7) is 2.04.